The SMILES string of the molecule is C1CCOC1.C=C(C)C1(O)CCN(CCOc2ccccc2C(F)(F)F)CC1.C=[C-]C.CC.CC(C)C1(O)CCN(CCOc2ccccc2C(F)(F)F)CC1.CC(C)C1(Oc2ccc(Cl)cc2)CCN(CCOc2ccccc2C(F)(F)F)CC1.CCO.Fc1ccc(Cl)cc1.O=C1CCN(CCOc2ccccc2C(F)(F)F)CC1.[Br-].[Mg+2]. The summed E-state index contributed by atoms with van der Waals surface area (Å²) in [5.74, 6) is 0.779. The van der Waals surface area contributed by atoms with Gasteiger partial charge in [-0.2, -0.15) is 59.6 Å². The zero-order chi connectivity index (χ0) is 87.5. The van der Waals surface area contributed by atoms with Gasteiger partial charge < -0.3 is 66.8 Å². The number of alkyl halides is 12. The number of ketones is 1. The first-order valence-corrected chi connectivity index (χ1v) is 40.1. The predicted octanol–water partition coefficient (Wildman–Crippen LogP) is 18.0. The topological polar surface area (TPSA) is 146 Å². The van der Waals surface area contributed by atoms with Gasteiger partial charge >= 0.3 is 47.8 Å². The smallest absolute Gasteiger partial charge is 1.00 e. The number of para-hydroxylation sites is 4. The Hall–Kier alpha value is -5.93. The van der Waals surface area contributed by atoms with Gasteiger partial charge in [0.05, 0.1) is 33.5 Å². The van der Waals surface area contributed by atoms with Crippen LogP contribution in [0.1, 0.15) is 149 Å². The third kappa shape index (κ3) is 41.9. The first kappa shape index (κ1) is 111. The van der Waals surface area contributed by atoms with Crippen molar-refractivity contribution in [3.8, 4) is 28.7 Å². The molecule has 0 radical (unpaired) electrons. The minimum absolute atomic E-state index is 0. The number of allylic oxidation sites excluding steroid dienone is 1. The molecule has 6 aromatic carbocycles. The molecule has 0 unspecified atom stereocenters. The molecule has 0 saturated carbocycles. The van der Waals surface area contributed by atoms with E-state index in [2.05, 4.69) is 47.8 Å². The Kier molecular flexibility index (Phi) is 53.0. The first-order valence-electron chi connectivity index (χ1n) is 39.4. The van der Waals surface area contributed by atoms with Crippen molar-refractivity contribution in [1.82, 2.24) is 19.6 Å². The minimum Gasteiger partial charge on any atom is -1.00 e. The van der Waals surface area contributed by atoms with E-state index in [-0.39, 0.29) is 119 Å². The Labute approximate surface area is 731 Å². The quantitative estimate of drug-likeness (QED) is 0.0272. The molecule has 0 bridgehead atoms. The van der Waals surface area contributed by atoms with Gasteiger partial charge in [-0.25, -0.2) is 4.39 Å². The fraction of sp³-hybridized carbons (Fsp3) is 0.534. The molecule has 6 aromatic rings. The van der Waals surface area contributed by atoms with Gasteiger partial charge in [0, 0.05) is 134 Å². The van der Waals surface area contributed by atoms with Gasteiger partial charge in [-0.3, -0.25) is 31.0 Å². The van der Waals surface area contributed by atoms with Crippen molar-refractivity contribution in [2.24, 2.45) is 11.8 Å². The van der Waals surface area contributed by atoms with Gasteiger partial charge in [-0.1, -0.05) is 120 Å². The van der Waals surface area contributed by atoms with E-state index in [1.807, 2.05) is 63.8 Å². The van der Waals surface area contributed by atoms with E-state index in [0.717, 1.165) is 87.8 Å². The van der Waals surface area contributed by atoms with Crippen LogP contribution < -0.4 is 40.7 Å². The molecular weight excluding hydrogens is 1700 g/mol. The van der Waals surface area contributed by atoms with Gasteiger partial charge in [0.2, 0.25) is 0 Å². The van der Waals surface area contributed by atoms with Crippen LogP contribution in [-0.2, 0) is 34.2 Å². The monoisotopic (exact) mass is 1810 g/mol. The average molecular weight is 1810 g/mol. The van der Waals surface area contributed by atoms with Crippen LogP contribution >= 0.6 is 23.2 Å². The molecular formula is C88H118BrCl2F13MgN4O10. The van der Waals surface area contributed by atoms with E-state index < -0.39 is 58.2 Å². The molecule has 0 amide bonds. The number of carbonyl (C=O) groups excluding carboxylic acids is 1. The zero-order valence-electron chi connectivity index (χ0n) is 69.7. The summed E-state index contributed by atoms with van der Waals surface area (Å²) in [7, 11) is 0. The molecule has 3 N–H and O–H groups in total. The van der Waals surface area contributed by atoms with E-state index in [9.17, 15) is 72.1 Å². The maximum absolute atomic E-state index is 13.1. The second kappa shape index (κ2) is 56.8. The molecule has 0 spiro atoms. The molecule has 5 fully saturated rings. The number of rotatable bonds is 21. The zero-order valence-corrected chi connectivity index (χ0v) is 74.2. The Bertz CT molecular complexity index is 3710. The molecule has 119 heavy (non-hydrogen) atoms. The number of halogens is 16. The fourth-order valence-corrected chi connectivity index (χ4v) is 12.7. The van der Waals surface area contributed by atoms with Crippen molar-refractivity contribution in [3.63, 3.8) is 0 Å². The number of hydrogen-bond donors (Lipinski definition) is 3. The van der Waals surface area contributed by atoms with Crippen molar-refractivity contribution in [3.05, 3.63) is 209 Å². The predicted molar refractivity (Wildman–Crippen MR) is 441 cm³/mol. The second-order valence-electron chi connectivity index (χ2n) is 28.5. The Balaban J connectivity index is 0.000000732. The molecule has 0 atom stereocenters. The third-order valence-electron chi connectivity index (χ3n) is 19.6. The van der Waals surface area contributed by atoms with E-state index >= 15 is 0 Å². The number of aliphatic hydroxyl groups excluding tert-OH is 1. The molecule has 31 heteroatoms. The van der Waals surface area contributed by atoms with Gasteiger partial charge in [-0.15, -0.1) is 0 Å². The Morgan fingerprint density at radius 3 is 1.04 bits per heavy atom. The van der Waals surface area contributed by atoms with Gasteiger partial charge in [0.15, 0.2) is 0 Å². The van der Waals surface area contributed by atoms with Gasteiger partial charge in [0.25, 0.3) is 0 Å². The first-order chi connectivity index (χ1) is 55.2. The van der Waals surface area contributed by atoms with E-state index in [1.54, 1.807) is 19.9 Å². The second-order valence-corrected chi connectivity index (χ2v) is 29.4. The van der Waals surface area contributed by atoms with Crippen molar-refractivity contribution >= 4 is 52.0 Å². The number of benzene rings is 6. The van der Waals surface area contributed by atoms with Crippen LogP contribution in [0.15, 0.2) is 164 Å². The Morgan fingerprint density at radius 2 is 0.782 bits per heavy atom. The number of aliphatic hydroxyl groups is 3. The van der Waals surface area contributed by atoms with Crippen LogP contribution in [-0.4, -0.2) is 205 Å². The van der Waals surface area contributed by atoms with Gasteiger partial charge in [0.1, 0.15) is 72.4 Å². The summed E-state index contributed by atoms with van der Waals surface area (Å²) in [5.41, 5.74) is -3.95. The van der Waals surface area contributed by atoms with Crippen LogP contribution in [0.25, 0.3) is 0 Å². The van der Waals surface area contributed by atoms with E-state index in [0.29, 0.717) is 107 Å². The molecule has 11 rings (SSSR count). The summed E-state index contributed by atoms with van der Waals surface area (Å²) in [5, 5.41) is 29.5. The largest absolute Gasteiger partial charge is 2.00 e. The van der Waals surface area contributed by atoms with Crippen LogP contribution in [0.3, 0.4) is 0 Å². The number of likely N-dealkylation sites (tertiary alicyclic amines) is 4. The summed E-state index contributed by atoms with van der Waals surface area (Å²) in [6.45, 7) is 35.6. The van der Waals surface area contributed by atoms with Crippen molar-refractivity contribution in [1.29, 1.82) is 0 Å². The number of nitrogens with zero attached hydrogens (tertiary/aromatic N) is 4. The summed E-state index contributed by atoms with van der Waals surface area (Å²) >= 11 is 11.4. The fourth-order valence-electron chi connectivity index (χ4n) is 12.4. The van der Waals surface area contributed by atoms with Crippen LogP contribution in [0.2, 0.25) is 10.0 Å². The summed E-state index contributed by atoms with van der Waals surface area (Å²) < 4.78 is 199. The molecule has 5 saturated heterocycles. The van der Waals surface area contributed by atoms with Crippen LogP contribution in [0, 0.1) is 23.7 Å². The molecule has 5 heterocycles. The Morgan fingerprint density at radius 1 is 0.504 bits per heavy atom. The molecule has 5 aliphatic rings. The summed E-state index contributed by atoms with van der Waals surface area (Å²) in [6, 6.07) is 34.1. The standard InChI is InChI=1S/C23H27ClF3NO2.C17H24F3NO2.C17H22F3NO2.C14H16F3NO2.C6H4ClF.C4H8O.C3H5.C2H6O.C2H6.BrH.Mg/c1-17(2)22(30-19-9-7-18(24)8-10-19)11-13-28(14-12-22)15-16-29-21-6-4-3-5-20(21)23(25,26)27;2*1-13(2)16(22)7-9-21(10-8-16)11-12-23-15-6-4-3-5-14(15)17(18,19)20;15-14(16,17)12-3-1-2-4-13(12)20-10-9-18-7-5-11(19)6-8-18;7-5-1-3-6(8)4-2-5;1-2-4-5-3-1;1-3-2;1-2-3;1-2;;/h3-10,17H,11-16H2,1-2H3;3-6,13,22H,7-12H2,1-2H3;3-6,22H,1,7-12H2,2H3;1-4H,5-10H2;1-4H;1-4H2;1H2,2H3;3H,2H2,1H3;1-2H3;1H;/q;;;;;;-1;;;;+2/p-1. The van der Waals surface area contributed by atoms with Crippen molar-refractivity contribution in [2.45, 2.75) is 168 Å². The summed E-state index contributed by atoms with van der Waals surface area (Å²) in [4.78, 5) is 19.5. The van der Waals surface area contributed by atoms with Crippen molar-refractivity contribution < 1.29 is 123 Å². The number of Topliss-reactive ketones (excluding diaryl/α,β-unsaturated/α-hetero) is 1. The normalized spacial score (nSPS) is 16.5. The number of piperidine rings is 4. The van der Waals surface area contributed by atoms with Crippen molar-refractivity contribution in [2.75, 3.05) is 125 Å². The molecule has 0 aliphatic carbocycles. The number of hydrogen-bond acceptors (Lipinski definition) is 14. The van der Waals surface area contributed by atoms with Gasteiger partial charge in [-0.05, 0) is 167 Å². The molecule has 14 nitrogen and oxygen atoms in total. The third-order valence-corrected chi connectivity index (χ3v) is 20.1. The van der Waals surface area contributed by atoms with E-state index in [1.165, 1.54) is 104 Å². The number of ether oxygens (including phenoxy) is 6. The molecule has 664 valence electrons. The van der Waals surface area contributed by atoms with Crippen LogP contribution in [0.5, 0.6) is 28.7 Å². The maximum atomic E-state index is 13.1. The van der Waals surface area contributed by atoms with E-state index in [4.69, 9.17) is 56.7 Å². The van der Waals surface area contributed by atoms with Crippen LogP contribution in [0.4, 0.5) is 57.1 Å². The average Bonchev–Trinajstić information content (AvgIpc) is 1.34. The summed E-state index contributed by atoms with van der Waals surface area (Å²) in [6.07, 6.45) is -7.35. The minimum atomic E-state index is -4.42. The molecule has 0 aromatic heterocycles. The maximum Gasteiger partial charge on any atom is 2.00 e. The number of carbonyl (C=O) groups is 1. The molecule has 5 aliphatic heterocycles.